The molecule has 1 atom stereocenters. The summed E-state index contributed by atoms with van der Waals surface area (Å²) in [7, 11) is 0. The molecule has 0 aromatic carbocycles. The summed E-state index contributed by atoms with van der Waals surface area (Å²) in [6.45, 7) is 8.21. The Morgan fingerprint density at radius 2 is 2.21 bits per heavy atom. The minimum absolute atomic E-state index is 0.0690. The molecule has 0 aliphatic carbocycles. The molecule has 1 aliphatic rings. The first-order chi connectivity index (χ1) is 11.6. The number of carbonyl (C=O) groups is 2. The van der Waals surface area contributed by atoms with Crippen molar-refractivity contribution < 1.29 is 9.59 Å². The summed E-state index contributed by atoms with van der Waals surface area (Å²) in [6, 6.07) is 1.80. The van der Waals surface area contributed by atoms with Crippen LogP contribution in [0.5, 0.6) is 0 Å². The van der Waals surface area contributed by atoms with Gasteiger partial charge in [0.15, 0.2) is 0 Å². The molecule has 2 heterocycles. The van der Waals surface area contributed by atoms with Crippen LogP contribution in [0.4, 0.5) is 5.95 Å². The predicted octanol–water partition coefficient (Wildman–Crippen LogP) is 0.844. The van der Waals surface area contributed by atoms with Crippen LogP contribution in [0, 0.1) is 5.92 Å². The van der Waals surface area contributed by atoms with Gasteiger partial charge in [-0.25, -0.2) is 9.97 Å². The lowest BCUT2D eigenvalue weighted by Crippen LogP contribution is -2.44. The van der Waals surface area contributed by atoms with Gasteiger partial charge in [0.2, 0.25) is 17.8 Å². The molecule has 1 aromatic rings. The van der Waals surface area contributed by atoms with E-state index in [2.05, 4.69) is 26.8 Å². The first-order valence-corrected chi connectivity index (χ1v) is 8.34. The molecule has 24 heavy (non-hydrogen) atoms. The van der Waals surface area contributed by atoms with E-state index in [9.17, 15) is 9.59 Å². The van der Waals surface area contributed by atoms with Crippen LogP contribution in [0.2, 0.25) is 0 Å². The first kappa shape index (κ1) is 17.9. The predicted molar refractivity (Wildman–Crippen MR) is 92.4 cm³/mol. The van der Waals surface area contributed by atoms with Crippen molar-refractivity contribution in [2.24, 2.45) is 5.92 Å². The van der Waals surface area contributed by atoms with Crippen LogP contribution in [-0.2, 0) is 9.59 Å². The molecule has 1 saturated heterocycles. The molecule has 1 fully saturated rings. The van der Waals surface area contributed by atoms with Gasteiger partial charge in [0.25, 0.3) is 0 Å². The summed E-state index contributed by atoms with van der Waals surface area (Å²) >= 11 is 0. The highest BCUT2D eigenvalue weighted by Gasteiger charge is 2.22. The van der Waals surface area contributed by atoms with Crippen LogP contribution in [-0.4, -0.2) is 59.4 Å². The van der Waals surface area contributed by atoms with Crippen molar-refractivity contribution in [2.75, 3.05) is 37.6 Å². The van der Waals surface area contributed by atoms with E-state index in [4.69, 9.17) is 0 Å². The van der Waals surface area contributed by atoms with E-state index < -0.39 is 0 Å². The van der Waals surface area contributed by atoms with Crippen LogP contribution in [0.3, 0.4) is 0 Å². The number of hydrogen-bond donors (Lipinski definition) is 1. The fraction of sp³-hybridized carbons (Fsp3) is 0.529. The van der Waals surface area contributed by atoms with E-state index in [1.807, 2.05) is 6.92 Å². The van der Waals surface area contributed by atoms with Crippen molar-refractivity contribution in [3.05, 3.63) is 31.1 Å². The molecule has 1 aliphatic heterocycles. The maximum Gasteiger partial charge on any atom is 0.246 e. The molecule has 0 radical (unpaired) electrons. The van der Waals surface area contributed by atoms with Gasteiger partial charge in [-0.2, -0.15) is 0 Å². The fourth-order valence-corrected chi connectivity index (χ4v) is 2.83. The van der Waals surface area contributed by atoms with E-state index in [0.29, 0.717) is 19.0 Å². The Morgan fingerprint density at radius 3 is 2.88 bits per heavy atom. The maximum absolute atomic E-state index is 12.0. The maximum atomic E-state index is 12.0. The molecule has 7 nitrogen and oxygen atoms in total. The van der Waals surface area contributed by atoms with Gasteiger partial charge in [-0.1, -0.05) is 6.58 Å². The topological polar surface area (TPSA) is 78.4 Å². The van der Waals surface area contributed by atoms with Crippen molar-refractivity contribution >= 4 is 17.8 Å². The van der Waals surface area contributed by atoms with Crippen molar-refractivity contribution in [1.82, 2.24) is 20.2 Å². The number of nitrogens with zero attached hydrogens (tertiary/aromatic N) is 4. The van der Waals surface area contributed by atoms with Crippen LogP contribution in [0.15, 0.2) is 31.1 Å². The van der Waals surface area contributed by atoms with E-state index in [-0.39, 0.29) is 18.4 Å². The smallest absolute Gasteiger partial charge is 0.246 e. The third-order valence-corrected chi connectivity index (χ3v) is 4.14. The summed E-state index contributed by atoms with van der Waals surface area (Å²) in [5.41, 5.74) is 0. The quantitative estimate of drug-likeness (QED) is 0.749. The van der Waals surface area contributed by atoms with Gasteiger partial charge in [-0.15, -0.1) is 0 Å². The normalized spacial score (nSPS) is 17.2. The van der Waals surface area contributed by atoms with Crippen LogP contribution in [0.25, 0.3) is 0 Å². The summed E-state index contributed by atoms with van der Waals surface area (Å²) in [4.78, 5) is 35.8. The van der Waals surface area contributed by atoms with E-state index in [1.165, 1.54) is 11.0 Å². The van der Waals surface area contributed by atoms with E-state index in [0.717, 1.165) is 31.9 Å². The SMILES string of the molecule is C=CC(=O)N(CC)CC(=O)NCC1CCCN(c2ncccn2)C1. The largest absolute Gasteiger partial charge is 0.354 e. The number of anilines is 1. The van der Waals surface area contributed by atoms with E-state index in [1.54, 1.807) is 18.5 Å². The molecule has 0 spiro atoms. The number of aromatic nitrogens is 2. The second-order valence-corrected chi connectivity index (χ2v) is 5.86. The number of rotatable bonds is 7. The zero-order valence-electron chi connectivity index (χ0n) is 14.1. The third kappa shape index (κ3) is 5.04. The zero-order chi connectivity index (χ0) is 17.4. The van der Waals surface area contributed by atoms with Gasteiger partial charge < -0.3 is 15.1 Å². The highest BCUT2D eigenvalue weighted by Crippen LogP contribution is 2.19. The lowest BCUT2D eigenvalue weighted by Gasteiger charge is -2.32. The molecule has 130 valence electrons. The molecular formula is C17H25N5O2. The number of likely N-dealkylation sites (N-methyl/N-ethyl adjacent to an activating group) is 1. The Labute approximate surface area is 142 Å². The summed E-state index contributed by atoms with van der Waals surface area (Å²) in [5.74, 6) is 0.733. The Hall–Kier alpha value is -2.44. The Morgan fingerprint density at radius 1 is 1.46 bits per heavy atom. The van der Waals surface area contributed by atoms with Crippen molar-refractivity contribution in [2.45, 2.75) is 19.8 Å². The second-order valence-electron chi connectivity index (χ2n) is 5.86. The Balaban J connectivity index is 1.80. The standard InChI is InChI=1S/C17H25N5O2/c1-3-16(24)21(4-2)13-15(23)20-11-14-7-5-10-22(12-14)17-18-8-6-9-19-17/h3,6,8-9,14H,1,4-5,7,10-13H2,2H3,(H,20,23). The molecule has 1 unspecified atom stereocenters. The summed E-state index contributed by atoms with van der Waals surface area (Å²) in [6.07, 6.45) is 6.82. The third-order valence-electron chi connectivity index (χ3n) is 4.14. The molecule has 2 rings (SSSR count). The number of nitrogens with one attached hydrogen (secondary N) is 1. The second kappa shape index (κ2) is 9.00. The van der Waals surface area contributed by atoms with Gasteiger partial charge in [0, 0.05) is 38.6 Å². The molecule has 7 heteroatoms. The van der Waals surface area contributed by atoms with Crippen LogP contribution < -0.4 is 10.2 Å². The molecule has 1 N–H and O–H groups in total. The number of hydrogen-bond acceptors (Lipinski definition) is 5. The van der Waals surface area contributed by atoms with Gasteiger partial charge in [-0.05, 0) is 37.8 Å². The van der Waals surface area contributed by atoms with E-state index >= 15 is 0 Å². The van der Waals surface area contributed by atoms with Crippen LogP contribution in [0.1, 0.15) is 19.8 Å². The van der Waals surface area contributed by atoms with Gasteiger partial charge >= 0.3 is 0 Å². The molecule has 2 amide bonds. The van der Waals surface area contributed by atoms with Crippen LogP contribution >= 0.6 is 0 Å². The average molecular weight is 331 g/mol. The Kier molecular flexibility index (Phi) is 6.72. The van der Waals surface area contributed by atoms with Crippen molar-refractivity contribution in [3.8, 4) is 0 Å². The monoisotopic (exact) mass is 331 g/mol. The lowest BCUT2D eigenvalue weighted by molar-refractivity contribution is -0.132. The average Bonchev–Trinajstić information content (AvgIpc) is 2.64. The molecular weight excluding hydrogens is 306 g/mol. The summed E-state index contributed by atoms with van der Waals surface area (Å²) < 4.78 is 0. The highest BCUT2D eigenvalue weighted by atomic mass is 16.2. The molecule has 0 bridgehead atoms. The molecule has 1 aromatic heterocycles. The highest BCUT2D eigenvalue weighted by molar-refractivity contribution is 5.90. The minimum Gasteiger partial charge on any atom is -0.354 e. The van der Waals surface area contributed by atoms with Gasteiger partial charge in [0.05, 0.1) is 6.54 Å². The fourth-order valence-electron chi connectivity index (χ4n) is 2.83. The Bertz CT molecular complexity index is 563. The number of carbonyl (C=O) groups excluding carboxylic acids is 2. The van der Waals surface area contributed by atoms with Gasteiger partial charge in [0.1, 0.15) is 0 Å². The van der Waals surface area contributed by atoms with Crippen molar-refractivity contribution in [1.29, 1.82) is 0 Å². The minimum atomic E-state index is -0.224. The van der Waals surface area contributed by atoms with Crippen molar-refractivity contribution in [3.63, 3.8) is 0 Å². The first-order valence-electron chi connectivity index (χ1n) is 8.34. The molecule has 0 saturated carbocycles. The number of piperidine rings is 1. The summed E-state index contributed by atoms with van der Waals surface area (Å²) in [5, 5.41) is 2.93. The zero-order valence-corrected chi connectivity index (χ0v) is 14.1. The van der Waals surface area contributed by atoms with Gasteiger partial charge in [-0.3, -0.25) is 9.59 Å². The lowest BCUT2D eigenvalue weighted by atomic mass is 9.98. The number of amides is 2.